The fourth-order valence-electron chi connectivity index (χ4n) is 1.69. The van der Waals surface area contributed by atoms with Crippen molar-refractivity contribution in [2.45, 2.75) is 39.8 Å². The van der Waals surface area contributed by atoms with Gasteiger partial charge in [0.2, 0.25) is 5.91 Å². The van der Waals surface area contributed by atoms with Gasteiger partial charge in [-0.2, -0.15) is 0 Å². The lowest BCUT2D eigenvalue weighted by Gasteiger charge is -2.34. The first-order chi connectivity index (χ1) is 6.95. The fourth-order valence-corrected chi connectivity index (χ4v) is 1.69. The minimum absolute atomic E-state index is 0.0562. The molecule has 0 saturated carbocycles. The van der Waals surface area contributed by atoms with Crippen molar-refractivity contribution in [3.63, 3.8) is 0 Å². The Morgan fingerprint density at radius 2 is 1.93 bits per heavy atom. The molecule has 2 unspecified atom stereocenters. The number of nitrogens with two attached hydrogens (primary N) is 1. The molecule has 0 aromatic heterocycles. The Morgan fingerprint density at radius 3 is 2.27 bits per heavy atom. The maximum absolute atomic E-state index is 11.4. The van der Waals surface area contributed by atoms with E-state index in [4.69, 9.17) is 10.9 Å². The molecule has 0 spiro atoms. The first-order valence-electron chi connectivity index (χ1n) is 5.32. The Bertz CT molecular complexity index is 197. The van der Waals surface area contributed by atoms with Crippen LogP contribution in [0, 0.1) is 5.92 Å². The first kappa shape index (κ1) is 14.3. The van der Waals surface area contributed by atoms with E-state index in [-0.39, 0.29) is 24.5 Å². The Labute approximate surface area is 91.6 Å². The minimum atomic E-state index is -0.191. The molecule has 0 aromatic carbocycles. The van der Waals surface area contributed by atoms with Gasteiger partial charge in [0.25, 0.3) is 0 Å². The monoisotopic (exact) mass is 217 g/mol. The van der Waals surface area contributed by atoms with Crippen molar-refractivity contribution >= 4 is 5.91 Å². The first-order valence-corrected chi connectivity index (χ1v) is 5.32. The molecule has 4 N–H and O–H groups in total. The van der Waals surface area contributed by atoms with Crippen LogP contribution < -0.4 is 11.3 Å². The van der Waals surface area contributed by atoms with Crippen molar-refractivity contribution in [2.24, 2.45) is 11.8 Å². The summed E-state index contributed by atoms with van der Waals surface area (Å²) in [6.07, 6.45) is 0. The maximum Gasteiger partial charge on any atom is 0.238 e. The molecule has 90 valence electrons. The van der Waals surface area contributed by atoms with Gasteiger partial charge in [-0.15, -0.1) is 0 Å². The molecule has 0 saturated heterocycles. The van der Waals surface area contributed by atoms with Crippen LogP contribution in [0.5, 0.6) is 0 Å². The lowest BCUT2D eigenvalue weighted by atomic mass is 10.00. The van der Waals surface area contributed by atoms with E-state index in [0.29, 0.717) is 12.6 Å². The van der Waals surface area contributed by atoms with Crippen LogP contribution in [0.1, 0.15) is 27.7 Å². The molecule has 5 nitrogen and oxygen atoms in total. The van der Waals surface area contributed by atoms with Crippen molar-refractivity contribution in [1.29, 1.82) is 0 Å². The normalized spacial score (nSPS) is 15.5. The number of amides is 1. The van der Waals surface area contributed by atoms with Crippen molar-refractivity contribution in [1.82, 2.24) is 10.3 Å². The summed E-state index contributed by atoms with van der Waals surface area (Å²) in [5.74, 6) is 4.73. The van der Waals surface area contributed by atoms with Crippen LogP contribution in [-0.4, -0.2) is 41.1 Å². The van der Waals surface area contributed by atoms with Crippen LogP contribution in [0.15, 0.2) is 0 Å². The lowest BCUT2D eigenvalue weighted by molar-refractivity contribution is -0.126. The third-order valence-corrected chi connectivity index (χ3v) is 2.82. The largest absolute Gasteiger partial charge is 0.395 e. The number of hydrogen-bond donors (Lipinski definition) is 3. The third-order valence-electron chi connectivity index (χ3n) is 2.82. The van der Waals surface area contributed by atoms with Crippen LogP contribution in [-0.2, 0) is 4.79 Å². The summed E-state index contributed by atoms with van der Waals surface area (Å²) in [5, 5.41) is 8.95. The van der Waals surface area contributed by atoms with Crippen molar-refractivity contribution in [3.05, 3.63) is 0 Å². The van der Waals surface area contributed by atoms with Crippen LogP contribution in [0.2, 0.25) is 0 Å². The predicted molar refractivity (Wildman–Crippen MR) is 59.9 cm³/mol. The molecule has 0 heterocycles. The second-order valence-electron chi connectivity index (χ2n) is 4.09. The van der Waals surface area contributed by atoms with Gasteiger partial charge in [0.1, 0.15) is 0 Å². The summed E-state index contributed by atoms with van der Waals surface area (Å²) in [6.45, 7) is 8.55. The number of nitrogens with zero attached hydrogens (tertiary/aromatic N) is 1. The highest BCUT2D eigenvalue weighted by molar-refractivity contribution is 5.78. The van der Waals surface area contributed by atoms with E-state index in [0.717, 1.165) is 0 Å². The molecule has 0 rings (SSSR count). The highest BCUT2D eigenvalue weighted by atomic mass is 16.3. The average Bonchev–Trinajstić information content (AvgIpc) is 2.22. The van der Waals surface area contributed by atoms with Crippen molar-refractivity contribution in [3.8, 4) is 0 Å². The molecule has 15 heavy (non-hydrogen) atoms. The van der Waals surface area contributed by atoms with Crippen LogP contribution in [0.4, 0.5) is 0 Å². The molecule has 0 bridgehead atoms. The number of carbonyl (C=O) groups excluding carboxylic acids is 1. The molecule has 2 atom stereocenters. The van der Waals surface area contributed by atoms with Gasteiger partial charge in [0.15, 0.2) is 0 Å². The van der Waals surface area contributed by atoms with E-state index < -0.39 is 0 Å². The van der Waals surface area contributed by atoms with E-state index in [2.05, 4.69) is 10.3 Å². The lowest BCUT2D eigenvalue weighted by Crippen LogP contribution is -2.49. The number of hydrazine groups is 1. The summed E-state index contributed by atoms with van der Waals surface area (Å²) in [6, 6.07) is 0.348. The van der Waals surface area contributed by atoms with Gasteiger partial charge in [0, 0.05) is 18.6 Å². The Morgan fingerprint density at radius 1 is 1.40 bits per heavy atom. The molecule has 0 fully saturated rings. The maximum atomic E-state index is 11.4. The molecule has 1 amide bonds. The second kappa shape index (κ2) is 6.76. The number of hydrogen-bond acceptors (Lipinski definition) is 4. The topological polar surface area (TPSA) is 78.6 Å². The van der Waals surface area contributed by atoms with Crippen molar-refractivity contribution < 1.29 is 9.90 Å². The van der Waals surface area contributed by atoms with Crippen LogP contribution in [0.25, 0.3) is 0 Å². The predicted octanol–water partition coefficient (Wildman–Crippen LogP) is -0.296. The summed E-state index contributed by atoms with van der Waals surface area (Å²) in [7, 11) is 0. The third kappa shape index (κ3) is 4.15. The number of aliphatic hydroxyl groups excluding tert-OH is 1. The molecule has 0 radical (unpaired) electrons. The summed E-state index contributed by atoms with van der Waals surface area (Å²) in [4.78, 5) is 13.4. The van der Waals surface area contributed by atoms with E-state index in [9.17, 15) is 4.79 Å². The molecule has 0 aliphatic heterocycles. The van der Waals surface area contributed by atoms with Crippen molar-refractivity contribution in [2.75, 3.05) is 13.2 Å². The smallest absolute Gasteiger partial charge is 0.238 e. The van der Waals surface area contributed by atoms with Gasteiger partial charge in [-0.25, -0.2) is 5.84 Å². The van der Waals surface area contributed by atoms with E-state index in [1.54, 1.807) is 0 Å². The van der Waals surface area contributed by atoms with E-state index in [1.807, 2.05) is 27.7 Å². The van der Waals surface area contributed by atoms with Crippen LogP contribution in [0.3, 0.4) is 0 Å². The standard InChI is InChI=1S/C10H23N3O2/c1-7(2)13(5-6-14)9(4)8(3)10(15)12-11/h7-9,14H,5-6,11H2,1-4H3,(H,12,15). The van der Waals surface area contributed by atoms with Gasteiger partial charge >= 0.3 is 0 Å². The van der Waals surface area contributed by atoms with Crippen LogP contribution >= 0.6 is 0 Å². The van der Waals surface area contributed by atoms with Gasteiger partial charge < -0.3 is 5.11 Å². The van der Waals surface area contributed by atoms with Gasteiger partial charge in [-0.05, 0) is 20.8 Å². The molecule has 0 aliphatic rings. The average molecular weight is 217 g/mol. The quantitative estimate of drug-likeness (QED) is 0.324. The Kier molecular flexibility index (Phi) is 6.47. The van der Waals surface area contributed by atoms with Gasteiger partial charge in [0.05, 0.1) is 12.5 Å². The zero-order chi connectivity index (χ0) is 12.0. The SMILES string of the molecule is CC(C(=O)NN)C(C)N(CCO)C(C)C. The number of aliphatic hydroxyl groups is 1. The number of carbonyl (C=O) groups is 1. The molecule has 0 aromatic rings. The molecule has 0 aliphatic carbocycles. The van der Waals surface area contributed by atoms with E-state index in [1.165, 1.54) is 0 Å². The fraction of sp³-hybridized carbons (Fsp3) is 0.900. The summed E-state index contributed by atoms with van der Waals surface area (Å²) < 4.78 is 0. The molecular weight excluding hydrogens is 194 g/mol. The summed E-state index contributed by atoms with van der Waals surface area (Å²) >= 11 is 0. The van der Waals surface area contributed by atoms with E-state index >= 15 is 0 Å². The highest BCUT2D eigenvalue weighted by Crippen LogP contribution is 2.13. The number of nitrogens with one attached hydrogen (secondary N) is 1. The molecular formula is C10H23N3O2. The zero-order valence-electron chi connectivity index (χ0n) is 10.0. The Hall–Kier alpha value is -0.650. The number of rotatable bonds is 6. The highest BCUT2D eigenvalue weighted by Gasteiger charge is 2.26. The molecule has 5 heteroatoms. The zero-order valence-corrected chi connectivity index (χ0v) is 10.0. The second-order valence-corrected chi connectivity index (χ2v) is 4.09. The van der Waals surface area contributed by atoms with Gasteiger partial charge in [-0.3, -0.25) is 15.1 Å². The van der Waals surface area contributed by atoms with Gasteiger partial charge in [-0.1, -0.05) is 6.92 Å². The Balaban J connectivity index is 4.47. The minimum Gasteiger partial charge on any atom is -0.395 e. The summed E-state index contributed by atoms with van der Waals surface area (Å²) in [5.41, 5.74) is 2.15.